The van der Waals surface area contributed by atoms with Crippen LogP contribution >= 0.6 is 0 Å². The second-order valence-corrected chi connectivity index (χ2v) is 4.13. The van der Waals surface area contributed by atoms with Crippen LogP contribution in [-0.2, 0) is 9.53 Å². The van der Waals surface area contributed by atoms with Gasteiger partial charge in [0.15, 0.2) is 0 Å². The molecule has 0 radical (unpaired) electrons. The molecule has 1 atom stereocenters. The Hall–Kier alpha value is -1.42. The molecule has 0 aromatic carbocycles. The van der Waals surface area contributed by atoms with E-state index in [0.717, 1.165) is 24.1 Å². The number of nitrogens with zero attached hydrogens (tertiary/aromatic N) is 1. The Kier molecular flexibility index (Phi) is 3.19. The van der Waals surface area contributed by atoms with Crippen molar-refractivity contribution in [3.05, 3.63) is 29.6 Å². The van der Waals surface area contributed by atoms with Crippen molar-refractivity contribution in [2.75, 3.05) is 7.11 Å². The van der Waals surface area contributed by atoms with Crippen molar-refractivity contribution < 1.29 is 9.53 Å². The molecule has 1 saturated carbocycles. The predicted octanol–water partition coefficient (Wildman–Crippen LogP) is 1.36. The Morgan fingerprint density at radius 1 is 1.56 bits per heavy atom. The number of hydrogen-bond acceptors (Lipinski definition) is 4. The normalized spacial score (nSPS) is 16.9. The highest BCUT2D eigenvalue weighted by molar-refractivity contribution is 5.77. The molecule has 1 aliphatic rings. The molecular weight excluding hydrogens is 204 g/mol. The van der Waals surface area contributed by atoms with Crippen molar-refractivity contribution in [1.29, 1.82) is 0 Å². The van der Waals surface area contributed by atoms with Crippen LogP contribution in [0.5, 0.6) is 0 Å². The number of pyridine rings is 1. The summed E-state index contributed by atoms with van der Waals surface area (Å²) in [5.41, 5.74) is 1.81. The average Bonchev–Trinajstić information content (AvgIpc) is 3.10. The Morgan fingerprint density at radius 3 is 2.81 bits per heavy atom. The van der Waals surface area contributed by atoms with Crippen LogP contribution in [0.3, 0.4) is 0 Å². The van der Waals surface area contributed by atoms with Gasteiger partial charge in [-0.15, -0.1) is 0 Å². The van der Waals surface area contributed by atoms with Gasteiger partial charge in [-0.3, -0.25) is 10.3 Å². The summed E-state index contributed by atoms with van der Waals surface area (Å²) in [5.74, 6) is -0.252. The largest absolute Gasteiger partial charge is 0.468 e. The van der Waals surface area contributed by atoms with Gasteiger partial charge in [-0.2, -0.15) is 0 Å². The average molecular weight is 220 g/mol. The van der Waals surface area contributed by atoms with Crippen LogP contribution in [0.25, 0.3) is 0 Å². The van der Waals surface area contributed by atoms with Gasteiger partial charge < -0.3 is 4.74 Å². The highest BCUT2D eigenvalue weighted by atomic mass is 16.5. The van der Waals surface area contributed by atoms with Crippen LogP contribution in [0.15, 0.2) is 18.3 Å². The highest BCUT2D eigenvalue weighted by Crippen LogP contribution is 2.24. The fraction of sp³-hybridized carbons (Fsp3) is 0.500. The van der Waals surface area contributed by atoms with Crippen molar-refractivity contribution in [1.82, 2.24) is 10.3 Å². The Labute approximate surface area is 95.0 Å². The summed E-state index contributed by atoms with van der Waals surface area (Å²) in [4.78, 5) is 15.8. The van der Waals surface area contributed by atoms with E-state index in [9.17, 15) is 4.79 Å². The Balaban J connectivity index is 2.15. The minimum absolute atomic E-state index is 0.252. The molecule has 0 aliphatic heterocycles. The van der Waals surface area contributed by atoms with Gasteiger partial charge in [0, 0.05) is 17.9 Å². The zero-order valence-electron chi connectivity index (χ0n) is 9.56. The molecule has 1 aliphatic carbocycles. The van der Waals surface area contributed by atoms with Crippen molar-refractivity contribution in [3.63, 3.8) is 0 Å². The van der Waals surface area contributed by atoms with Crippen LogP contribution in [0.1, 0.15) is 30.1 Å². The molecule has 4 heteroatoms. The maximum absolute atomic E-state index is 11.6. The van der Waals surface area contributed by atoms with E-state index in [1.165, 1.54) is 7.11 Å². The number of aromatic nitrogens is 1. The number of ether oxygens (including phenoxy) is 1. The third-order valence-corrected chi connectivity index (χ3v) is 2.68. The molecule has 1 heterocycles. The second kappa shape index (κ2) is 4.61. The van der Waals surface area contributed by atoms with Crippen LogP contribution in [0.4, 0.5) is 0 Å². The molecule has 1 N–H and O–H groups in total. The lowest BCUT2D eigenvalue weighted by molar-refractivity contribution is -0.143. The van der Waals surface area contributed by atoms with E-state index in [1.54, 1.807) is 6.20 Å². The molecular formula is C12H16N2O2. The van der Waals surface area contributed by atoms with Gasteiger partial charge in [0.1, 0.15) is 6.04 Å². The van der Waals surface area contributed by atoms with Gasteiger partial charge in [0.05, 0.1) is 7.11 Å². The summed E-state index contributed by atoms with van der Waals surface area (Å²) in [6.07, 6.45) is 3.99. The van der Waals surface area contributed by atoms with Crippen LogP contribution in [0, 0.1) is 6.92 Å². The van der Waals surface area contributed by atoms with E-state index in [4.69, 9.17) is 4.74 Å². The van der Waals surface area contributed by atoms with Gasteiger partial charge in [0.25, 0.3) is 0 Å². The monoisotopic (exact) mass is 220 g/mol. The van der Waals surface area contributed by atoms with E-state index in [2.05, 4.69) is 10.3 Å². The molecule has 0 spiro atoms. The highest BCUT2D eigenvalue weighted by Gasteiger charge is 2.30. The smallest absolute Gasteiger partial charge is 0.327 e. The van der Waals surface area contributed by atoms with E-state index < -0.39 is 0 Å². The number of nitrogens with one attached hydrogen (secondary N) is 1. The van der Waals surface area contributed by atoms with E-state index in [1.807, 2.05) is 19.1 Å². The number of aryl methyl sites for hydroxylation is 1. The lowest BCUT2D eigenvalue weighted by Crippen LogP contribution is -2.31. The fourth-order valence-electron chi connectivity index (χ4n) is 1.55. The number of carbonyl (C=O) groups is 1. The van der Waals surface area contributed by atoms with Gasteiger partial charge in [-0.25, -0.2) is 4.79 Å². The maximum atomic E-state index is 11.6. The molecule has 4 nitrogen and oxygen atoms in total. The molecule has 2 rings (SSSR count). The lowest BCUT2D eigenvalue weighted by Gasteiger charge is -2.16. The zero-order valence-corrected chi connectivity index (χ0v) is 9.56. The number of carbonyl (C=O) groups excluding carboxylic acids is 1. The molecule has 1 aromatic heterocycles. The summed E-state index contributed by atoms with van der Waals surface area (Å²) in [6, 6.07) is 3.88. The van der Waals surface area contributed by atoms with Crippen molar-refractivity contribution >= 4 is 5.97 Å². The first-order chi connectivity index (χ1) is 7.70. The van der Waals surface area contributed by atoms with Crippen LogP contribution in [-0.4, -0.2) is 24.1 Å². The van der Waals surface area contributed by atoms with Gasteiger partial charge in [-0.1, -0.05) is 6.07 Å². The van der Waals surface area contributed by atoms with E-state index in [-0.39, 0.29) is 12.0 Å². The summed E-state index contributed by atoms with van der Waals surface area (Å²) >= 11 is 0. The molecule has 16 heavy (non-hydrogen) atoms. The SMILES string of the molecule is COC(=O)C(NC1CC1)c1ccc(C)nc1. The van der Waals surface area contributed by atoms with Gasteiger partial charge >= 0.3 is 5.97 Å². The molecule has 0 amide bonds. The quantitative estimate of drug-likeness (QED) is 0.778. The minimum atomic E-state index is -0.384. The lowest BCUT2D eigenvalue weighted by atomic mass is 10.1. The number of hydrogen-bond donors (Lipinski definition) is 1. The summed E-state index contributed by atoms with van der Waals surface area (Å²) in [7, 11) is 1.41. The predicted molar refractivity (Wildman–Crippen MR) is 59.9 cm³/mol. The maximum Gasteiger partial charge on any atom is 0.327 e. The second-order valence-electron chi connectivity index (χ2n) is 4.13. The third kappa shape index (κ3) is 2.58. The first-order valence-corrected chi connectivity index (χ1v) is 5.47. The van der Waals surface area contributed by atoms with Crippen LogP contribution in [0.2, 0.25) is 0 Å². The van der Waals surface area contributed by atoms with Gasteiger partial charge in [-0.05, 0) is 31.4 Å². The third-order valence-electron chi connectivity index (χ3n) is 2.68. The number of esters is 1. The summed E-state index contributed by atoms with van der Waals surface area (Å²) in [6.45, 7) is 1.92. The Morgan fingerprint density at radius 2 is 2.31 bits per heavy atom. The first kappa shape index (κ1) is 11.1. The number of rotatable bonds is 4. The van der Waals surface area contributed by atoms with Gasteiger partial charge in [0.2, 0.25) is 0 Å². The van der Waals surface area contributed by atoms with Crippen molar-refractivity contribution in [3.8, 4) is 0 Å². The summed E-state index contributed by atoms with van der Waals surface area (Å²) < 4.78 is 4.80. The summed E-state index contributed by atoms with van der Waals surface area (Å²) in [5, 5.41) is 3.26. The van der Waals surface area contributed by atoms with Crippen LogP contribution < -0.4 is 5.32 Å². The van der Waals surface area contributed by atoms with Crippen molar-refractivity contribution in [2.45, 2.75) is 31.8 Å². The molecule has 1 fully saturated rings. The standard InChI is InChI=1S/C12H16N2O2/c1-8-3-4-9(7-13-8)11(12(15)16-2)14-10-5-6-10/h3-4,7,10-11,14H,5-6H2,1-2H3. The molecule has 1 unspecified atom stereocenters. The minimum Gasteiger partial charge on any atom is -0.468 e. The molecule has 0 bridgehead atoms. The van der Waals surface area contributed by atoms with E-state index >= 15 is 0 Å². The fourth-order valence-corrected chi connectivity index (χ4v) is 1.55. The topological polar surface area (TPSA) is 51.2 Å². The molecule has 86 valence electrons. The van der Waals surface area contributed by atoms with E-state index in [0.29, 0.717) is 6.04 Å². The first-order valence-electron chi connectivity index (χ1n) is 5.47. The number of methoxy groups -OCH3 is 1. The molecule has 0 saturated heterocycles. The zero-order chi connectivity index (χ0) is 11.5. The Bertz CT molecular complexity index is 371. The molecule has 1 aromatic rings. The van der Waals surface area contributed by atoms with Crippen molar-refractivity contribution in [2.24, 2.45) is 0 Å².